The number of aromatic hydroxyl groups is 1. The van der Waals surface area contributed by atoms with Crippen molar-refractivity contribution in [1.82, 2.24) is 9.80 Å². The summed E-state index contributed by atoms with van der Waals surface area (Å²) in [6, 6.07) is 12.4. The van der Waals surface area contributed by atoms with Crippen LogP contribution in [0.15, 0.2) is 54.1 Å². The Morgan fingerprint density at radius 1 is 1.03 bits per heavy atom. The number of ether oxygens (including phenoxy) is 2. The number of phenols is 1. The lowest BCUT2D eigenvalue weighted by molar-refractivity contribution is -0.140. The molecule has 0 spiro atoms. The number of phenolic OH excluding ortho intramolecular Hbond substituents is 1. The number of benzene rings is 2. The standard InChI is InChI=1S/C26H30N2O6/c1-17(2)34-21-9-5-19(6-10-21)24(30)22-23(18-3-7-20(29)8-4-18)28(26(32)25(22)31)12-11-27-13-15-33-16-14-27/h3-10,17,23,29-30H,11-16H2,1-2H3/b24-22-. The van der Waals surface area contributed by atoms with Crippen LogP contribution in [0.2, 0.25) is 0 Å². The fourth-order valence-electron chi connectivity index (χ4n) is 4.31. The number of carbonyl (C=O) groups is 2. The summed E-state index contributed by atoms with van der Waals surface area (Å²) in [5.74, 6) is -0.878. The van der Waals surface area contributed by atoms with Gasteiger partial charge in [-0.2, -0.15) is 0 Å². The van der Waals surface area contributed by atoms with Gasteiger partial charge in [0, 0.05) is 31.7 Å². The Kier molecular flexibility index (Phi) is 7.19. The van der Waals surface area contributed by atoms with Gasteiger partial charge in [-0.25, -0.2) is 0 Å². The van der Waals surface area contributed by atoms with E-state index in [4.69, 9.17) is 9.47 Å². The van der Waals surface area contributed by atoms with Crippen LogP contribution in [-0.4, -0.2) is 77.2 Å². The molecule has 0 bridgehead atoms. The molecule has 34 heavy (non-hydrogen) atoms. The predicted octanol–water partition coefficient (Wildman–Crippen LogP) is 2.93. The molecule has 2 N–H and O–H groups in total. The van der Waals surface area contributed by atoms with Gasteiger partial charge in [-0.1, -0.05) is 12.1 Å². The van der Waals surface area contributed by atoms with E-state index < -0.39 is 17.7 Å². The number of hydrogen-bond acceptors (Lipinski definition) is 7. The molecule has 1 amide bonds. The topological polar surface area (TPSA) is 99.5 Å². The number of ketones is 1. The Bertz CT molecular complexity index is 1060. The fraction of sp³-hybridized carbons (Fsp3) is 0.385. The Hall–Kier alpha value is -3.36. The van der Waals surface area contributed by atoms with Crippen LogP contribution in [-0.2, 0) is 14.3 Å². The average Bonchev–Trinajstić information content (AvgIpc) is 3.08. The van der Waals surface area contributed by atoms with Crippen LogP contribution in [0.4, 0.5) is 0 Å². The van der Waals surface area contributed by atoms with Gasteiger partial charge in [-0.05, 0) is 55.8 Å². The third-order valence-electron chi connectivity index (χ3n) is 6.01. The van der Waals surface area contributed by atoms with Crippen LogP contribution in [0.1, 0.15) is 31.0 Å². The molecule has 8 nitrogen and oxygen atoms in total. The molecule has 4 rings (SSSR count). The van der Waals surface area contributed by atoms with Crippen molar-refractivity contribution in [2.75, 3.05) is 39.4 Å². The van der Waals surface area contributed by atoms with E-state index >= 15 is 0 Å². The largest absolute Gasteiger partial charge is 0.508 e. The molecule has 2 aromatic rings. The summed E-state index contributed by atoms with van der Waals surface area (Å²) >= 11 is 0. The van der Waals surface area contributed by atoms with Crippen molar-refractivity contribution >= 4 is 17.4 Å². The molecule has 0 aliphatic carbocycles. The highest BCUT2D eigenvalue weighted by molar-refractivity contribution is 6.46. The van der Waals surface area contributed by atoms with Crippen molar-refractivity contribution in [2.45, 2.75) is 26.0 Å². The monoisotopic (exact) mass is 466 g/mol. The molecule has 8 heteroatoms. The van der Waals surface area contributed by atoms with E-state index in [1.807, 2.05) is 13.8 Å². The minimum Gasteiger partial charge on any atom is -0.508 e. The molecule has 2 aliphatic rings. The van der Waals surface area contributed by atoms with Crippen LogP contribution in [0.25, 0.3) is 5.76 Å². The van der Waals surface area contributed by atoms with E-state index in [9.17, 15) is 19.8 Å². The maximum atomic E-state index is 13.1. The smallest absolute Gasteiger partial charge is 0.295 e. The third-order valence-corrected chi connectivity index (χ3v) is 6.01. The van der Waals surface area contributed by atoms with Crippen molar-refractivity contribution in [3.63, 3.8) is 0 Å². The maximum absolute atomic E-state index is 13.1. The minimum absolute atomic E-state index is 0.00531. The number of rotatable bonds is 7. The van der Waals surface area contributed by atoms with Gasteiger partial charge in [0.05, 0.1) is 30.9 Å². The number of amides is 1. The number of morpholine rings is 1. The van der Waals surface area contributed by atoms with Crippen molar-refractivity contribution in [3.05, 3.63) is 65.2 Å². The summed E-state index contributed by atoms with van der Waals surface area (Å²) in [5, 5.41) is 20.9. The summed E-state index contributed by atoms with van der Waals surface area (Å²) < 4.78 is 11.0. The normalized spacial score (nSPS) is 20.8. The summed E-state index contributed by atoms with van der Waals surface area (Å²) in [5.41, 5.74) is 1.10. The average molecular weight is 467 g/mol. The zero-order chi connectivity index (χ0) is 24.2. The van der Waals surface area contributed by atoms with Crippen LogP contribution < -0.4 is 4.74 Å². The van der Waals surface area contributed by atoms with E-state index in [-0.39, 0.29) is 23.2 Å². The first-order valence-electron chi connectivity index (χ1n) is 11.5. The summed E-state index contributed by atoms with van der Waals surface area (Å²) in [4.78, 5) is 29.9. The highest BCUT2D eigenvalue weighted by Crippen LogP contribution is 2.39. The minimum atomic E-state index is -0.756. The van der Waals surface area contributed by atoms with Crippen LogP contribution in [0, 0.1) is 0 Å². The highest BCUT2D eigenvalue weighted by Gasteiger charge is 2.46. The Morgan fingerprint density at radius 3 is 2.29 bits per heavy atom. The third kappa shape index (κ3) is 5.08. The van der Waals surface area contributed by atoms with Crippen molar-refractivity contribution < 1.29 is 29.3 Å². The van der Waals surface area contributed by atoms with Crippen LogP contribution >= 0.6 is 0 Å². The number of hydrogen-bond donors (Lipinski definition) is 2. The fourth-order valence-corrected chi connectivity index (χ4v) is 4.31. The highest BCUT2D eigenvalue weighted by atomic mass is 16.5. The summed E-state index contributed by atoms with van der Waals surface area (Å²) in [7, 11) is 0. The molecule has 2 aromatic carbocycles. The molecule has 1 unspecified atom stereocenters. The number of aliphatic hydroxyl groups is 1. The Labute approximate surface area is 199 Å². The number of Topliss-reactive ketones (excluding diaryl/α,β-unsaturated/α-hetero) is 1. The lowest BCUT2D eigenvalue weighted by Crippen LogP contribution is -2.42. The number of carbonyl (C=O) groups excluding carboxylic acids is 2. The molecule has 1 atom stereocenters. The molecular formula is C26H30N2O6. The van der Waals surface area contributed by atoms with Gasteiger partial charge in [-0.15, -0.1) is 0 Å². The predicted molar refractivity (Wildman–Crippen MR) is 127 cm³/mol. The van der Waals surface area contributed by atoms with Gasteiger partial charge in [-0.3, -0.25) is 14.5 Å². The van der Waals surface area contributed by atoms with Gasteiger partial charge in [0.2, 0.25) is 0 Å². The van der Waals surface area contributed by atoms with E-state index in [2.05, 4.69) is 4.90 Å². The second-order valence-corrected chi connectivity index (χ2v) is 8.73. The van der Waals surface area contributed by atoms with Crippen LogP contribution in [0.5, 0.6) is 11.5 Å². The summed E-state index contributed by atoms with van der Waals surface area (Å²) in [6.45, 7) is 7.55. The van der Waals surface area contributed by atoms with E-state index in [0.29, 0.717) is 43.2 Å². The van der Waals surface area contributed by atoms with Gasteiger partial charge in [0.1, 0.15) is 17.3 Å². The van der Waals surface area contributed by atoms with Crippen molar-refractivity contribution in [3.8, 4) is 11.5 Å². The lowest BCUT2D eigenvalue weighted by Gasteiger charge is -2.31. The summed E-state index contributed by atoms with van der Waals surface area (Å²) in [6.07, 6.45) is 0.00531. The van der Waals surface area contributed by atoms with Gasteiger partial charge in [0.15, 0.2) is 0 Å². The van der Waals surface area contributed by atoms with Gasteiger partial charge < -0.3 is 24.6 Å². The molecule has 2 heterocycles. The van der Waals surface area contributed by atoms with E-state index in [1.54, 1.807) is 36.4 Å². The van der Waals surface area contributed by atoms with E-state index in [1.165, 1.54) is 17.0 Å². The molecule has 2 fully saturated rings. The van der Waals surface area contributed by atoms with Gasteiger partial charge in [0.25, 0.3) is 11.7 Å². The zero-order valence-electron chi connectivity index (χ0n) is 19.4. The first-order chi connectivity index (χ1) is 16.3. The quantitative estimate of drug-likeness (QED) is 0.368. The second-order valence-electron chi connectivity index (χ2n) is 8.73. The lowest BCUT2D eigenvalue weighted by atomic mass is 9.95. The maximum Gasteiger partial charge on any atom is 0.295 e. The molecule has 0 radical (unpaired) electrons. The molecule has 2 saturated heterocycles. The number of nitrogens with zero attached hydrogens (tertiary/aromatic N) is 2. The zero-order valence-corrected chi connectivity index (χ0v) is 19.4. The second kappa shape index (κ2) is 10.3. The SMILES string of the molecule is CC(C)Oc1ccc(/C(O)=C2/C(=O)C(=O)N(CCN3CCOCC3)C2c2ccc(O)cc2)cc1. The van der Waals surface area contributed by atoms with E-state index in [0.717, 1.165) is 13.1 Å². The molecule has 180 valence electrons. The van der Waals surface area contributed by atoms with Crippen molar-refractivity contribution in [1.29, 1.82) is 0 Å². The molecule has 0 aromatic heterocycles. The number of likely N-dealkylation sites (tertiary alicyclic amines) is 1. The first-order valence-corrected chi connectivity index (χ1v) is 11.5. The van der Waals surface area contributed by atoms with Gasteiger partial charge >= 0.3 is 0 Å². The van der Waals surface area contributed by atoms with Crippen LogP contribution in [0.3, 0.4) is 0 Å². The molecule has 2 aliphatic heterocycles. The Morgan fingerprint density at radius 2 is 1.68 bits per heavy atom. The number of aliphatic hydroxyl groups excluding tert-OH is 1. The molecule has 0 saturated carbocycles. The Balaban J connectivity index is 1.69. The first kappa shape index (κ1) is 23.8. The van der Waals surface area contributed by atoms with Crippen molar-refractivity contribution in [2.24, 2.45) is 0 Å². The molecular weight excluding hydrogens is 436 g/mol.